The first kappa shape index (κ1) is 11.2. The Morgan fingerprint density at radius 1 is 1.50 bits per heavy atom. The average molecular weight is 278 g/mol. The molecule has 82 valence electrons. The lowest BCUT2D eigenvalue weighted by Gasteiger charge is -2.11. The molecule has 0 saturated carbocycles. The number of hydrogen-bond acceptors (Lipinski definition) is 2. The van der Waals surface area contributed by atoms with Gasteiger partial charge in [0.2, 0.25) is 0 Å². The van der Waals surface area contributed by atoms with Crippen LogP contribution in [-0.4, -0.2) is 9.55 Å². The average Bonchev–Trinajstić information content (AvgIpc) is 2.55. The van der Waals surface area contributed by atoms with Gasteiger partial charge in [0, 0.05) is 10.5 Å². The third kappa shape index (κ3) is 1.83. The Labute approximate surface area is 103 Å². The van der Waals surface area contributed by atoms with Crippen LogP contribution >= 0.6 is 15.9 Å². The number of hydrogen-bond donors (Lipinski definition) is 0. The highest BCUT2D eigenvalue weighted by Gasteiger charge is 2.12. The molecular formula is C12H12BrN3. The van der Waals surface area contributed by atoms with E-state index < -0.39 is 0 Å². The molecule has 0 aliphatic carbocycles. The Kier molecular flexibility index (Phi) is 2.97. The lowest BCUT2D eigenvalue weighted by molar-refractivity contribution is 0.594. The first-order valence-electron chi connectivity index (χ1n) is 5.17. The zero-order valence-corrected chi connectivity index (χ0v) is 10.8. The van der Waals surface area contributed by atoms with Gasteiger partial charge in [-0.15, -0.1) is 0 Å². The van der Waals surface area contributed by atoms with Gasteiger partial charge in [0.1, 0.15) is 5.82 Å². The van der Waals surface area contributed by atoms with Crippen molar-refractivity contribution < 1.29 is 0 Å². The first-order valence-corrected chi connectivity index (χ1v) is 5.96. The van der Waals surface area contributed by atoms with Gasteiger partial charge in [0.25, 0.3) is 0 Å². The number of nitriles is 1. The fourth-order valence-corrected chi connectivity index (χ4v) is 2.24. The van der Waals surface area contributed by atoms with E-state index in [0.717, 1.165) is 21.3 Å². The summed E-state index contributed by atoms with van der Waals surface area (Å²) in [6.45, 7) is 4.20. The summed E-state index contributed by atoms with van der Waals surface area (Å²) in [7, 11) is 0. The Morgan fingerprint density at radius 3 is 2.88 bits per heavy atom. The molecule has 0 amide bonds. The Hall–Kier alpha value is -1.34. The van der Waals surface area contributed by atoms with Crippen molar-refractivity contribution in [1.29, 1.82) is 5.26 Å². The third-order valence-corrected chi connectivity index (χ3v) is 2.97. The number of nitrogens with zero attached hydrogens (tertiary/aromatic N) is 3. The highest BCUT2D eigenvalue weighted by Crippen LogP contribution is 2.24. The SMILES string of the molecule is CC(C)n1c(CC#N)nc2cc(Br)ccc21. The molecule has 3 nitrogen and oxygen atoms in total. The van der Waals surface area contributed by atoms with Crippen LogP contribution in [0.4, 0.5) is 0 Å². The van der Waals surface area contributed by atoms with E-state index in [1.54, 1.807) is 0 Å². The number of benzene rings is 1. The van der Waals surface area contributed by atoms with E-state index in [1.807, 2.05) is 18.2 Å². The van der Waals surface area contributed by atoms with Crippen LogP contribution in [0.2, 0.25) is 0 Å². The van der Waals surface area contributed by atoms with Crippen LogP contribution in [0.3, 0.4) is 0 Å². The molecule has 0 N–H and O–H groups in total. The van der Waals surface area contributed by atoms with Crippen LogP contribution in [0.15, 0.2) is 22.7 Å². The van der Waals surface area contributed by atoms with Crippen LogP contribution in [-0.2, 0) is 6.42 Å². The van der Waals surface area contributed by atoms with Gasteiger partial charge >= 0.3 is 0 Å². The summed E-state index contributed by atoms with van der Waals surface area (Å²) >= 11 is 3.43. The molecule has 0 aliphatic heterocycles. The minimum atomic E-state index is 0.314. The van der Waals surface area contributed by atoms with E-state index in [1.165, 1.54) is 0 Å². The molecule has 2 aromatic rings. The molecular weight excluding hydrogens is 266 g/mol. The summed E-state index contributed by atoms with van der Waals surface area (Å²) < 4.78 is 3.13. The Balaban J connectivity index is 2.71. The smallest absolute Gasteiger partial charge is 0.124 e. The highest BCUT2D eigenvalue weighted by atomic mass is 79.9. The van der Waals surface area contributed by atoms with E-state index in [0.29, 0.717) is 12.5 Å². The number of aromatic nitrogens is 2. The zero-order chi connectivity index (χ0) is 11.7. The molecule has 0 fully saturated rings. The van der Waals surface area contributed by atoms with Crippen molar-refractivity contribution in [3.8, 4) is 6.07 Å². The number of rotatable bonds is 2. The fraction of sp³-hybridized carbons (Fsp3) is 0.333. The summed E-state index contributed by atoms with van der Waals surface area (Å²) in [4.78, 5) is 4.49. The third-order valence-electron chi connectivity index (χ3n) is 2.48. The van der Waals surface area contributed by atoms with Crippen LogP contribution in [0, 0.1) is 11.3 Å². The molecule has 0 aliphatic rings. The second kappa shape index (κ2) is 4.26. The Bertz CT molecular complexity index is 563. The van der Waals surface area contributed by atoms with Crippen LogP contribution in [0.25, 0.3) is 11.0 Å². The van der Waals surface area contributed by atoms with Crippen LogP contribution in [0.5, 0.6) is 0 Å². The lowest BCUT2D eigenvalue weighted by atomic mass is 10.3. The van der Waals surface area contributed by atoms with Crippen LogP contribution in [0.1, 0.15) is 25.7 Å². The van der Waals surface area contributed by atoms with Crippen molar-refractivity contribution in [2.24, 2.45) is 0 Å². The van der Waals surface area contributed by atoms with E-state index in [2.05, 4.69) is 45.4 Å². The molecule has 1 aromatic heterocycles. The van der Waals surface area contributed by atoms with Crippen molar-refractivity contribution in [2.45, 2.75) is 26.3 Å². The maximum atomic E-state index is 8.79. The molecule has 0 spiro atoms. The maximum Gasteiger partial charge on any atom is 0.124 e. The van der Waals surface area contributed by atoms with E-state index in [4.69, 9.17) is 5.26 Å². The van der Waals surface area contributed by atoms with Gasteiger partial charge in [0.15, 0.2) is 0 Å². The Morgan fingerprint density at radius 2 is 2.25 bits per heavy atom. The van der Waals surface area contributed by atoms with Gasteiger partial charge in [-0.3, -0.25) is 0 Å². The molecule has 0 unspecified atom stereocenters. The predicted molar refractivity (Wildman–Crippen MR) is 67.1 cm³/mol. The van der Waals surface area contributed by atoms with Gasteiger partial charge < -0.3 is 4.57 Å². The van der Waals surface area contributed by atoms with Gasteiger partial charge in [0.05, 0.1) is 23.5 Å². The largest absolute Gasteiger partial charge is 0.325 e. The summed E-state index contributed by atoms with van der Waals surface area (Å²) in [5.41, 5.74) is 2.02. The standard InChI is InChI=1S/C12H12BrN3/c1-8(2)16-11-4-3-9(13)7-10(11)15-12(16)5-6-14/h3-4,7-8H,5H2,1-2H3. The van der Waals surface area contributed by atoms with E-state index in [-0.39, 0.29) is 0 Å². The first-order chi connectivity index (χ1) is 7.63. The topological polar surface area (TPSA) is 41.6 Å². The zero-order valence-electron chi connectivity index (χ0n) is 9.24. The number of imidazole rings is 1. The van der Waals surface area contributed by atoms with Gasteiger partial charge in [-0.25, -0.2) is 4.98 Å². The fourth-order valence-electron chi connectivity index (χ4n) is 1.89. The molecule has 2 rings (SSSR count). The molecule has 0 radical (unpaired) electrons. The predicted octanol–water partition coefficient (Wildman–Crippen LogP) is 3.45. The quantitative estimate of drug-likeness (QED) is 0.844. The summed E-state index contributed by atoms with van der Waals surface area (Å²) in [6.07, 6.45) is 0.352. The normalized spacial score (nSPS) is 10.9. The highest BCUT2D eigenvalue weighted by molar-refractivity contribution is 9.10. The van der Waals surface area contributed by atoms with E-state index >= 15 is 0 Å². The van der Waals surface area contributed by atoms with Crippen molar-refractivity contribution in [3.63, 3.8) is 0 Å². The molecule has 1 aromatic carbocycles. The molecule has 0 saturated heterocycles. The van der Waals surface area contributed by atoms with Crippen molar-refractivity contribution in [3.05, 3.63) is 28.5 Å². The minimum Gasteiger partial charge on any atom is -0.325 e. The molecule has 1 heterocycles. The second-order valence-corrected chi connectivity index (χ2v) is 4.88. The molecule has 0 atom stereocenters. The van der Waals surface area contributed by atoms with Gasteiger partial charge in [-0.2, -0.15) is 5.26 Å². The van der Waals surface area contributed by atoms with Crippen molar-refractivity contribution in [2.75, 3.05) is 0 Å². The number of fused-ring (bicyclic) bond motifs is 1. The monoisotopic (exact) mass is 277 g/mol. The van der Waals surface area contributed by atoms with Crippen LogP contribution < -0.4 is 0 Å². The minimum absolute atomic E-state index is 0.314. The molecule has 16 heavy (non-hydrogen) atoms. The summed E-state index contributed by atoms with van der Waals surface area (Å²) in [5, 5.41) is 8.79. The summed E-state index contributed by atoms with van der Waals surface area (Å²) in [6, 6.07) is 8.49. The molecule has 0 bridgehead atoms. The lowest BCUT2D eigenvalue weighted by Crippen LogP contribution is -2.05. The van der Waals surface area contributed by atoms with E-state index in [9.17, 15) is 0 Å². The van der Waals surface area contributed by atoms with Gasteiger partial charge in [-0.05, 0) is 32.0 Å². The molecule has 4 heteroatoms. The van der Waals surface area contributed by atoms with Crippen molar-refractivity contribution >= 4 is 27.0 Å². The number of halogens is 1. The maximum absolute atomic E-state index is 8.79. The van der Waals surface area contributed by atoms with Crippen molar-refractivity contribution in [1.82, 2.24) is 9.55 Å². The van der Waals surface area contributed by atoms with Gasteiger partial charge in [-0.1, -0.05) is 15.9 Å². The second-order valence-electron chi connectivity index (χ2n) is 3.96. The summed E-state index contributed by atoms with van der Waals surface area (Å²) in [5.74, 6) is 0.839.